The molecule has 0 aliphatic carbocycles. The van der Waals surface area contributed by atoms with Gasteiger partial charge in [0.25, 0.3) is 0 Å². The molecule has 0 spiro atoms. The predicted octanol–water partition coefficient (Wildman–Crippen LogP) is 4.47. The van der Waals surface area contributed by atoms with Crippen molar-refractivity contribution < 1.29 is 5.21 Å². The average molecular weight is 269 g/mol. The Morgan fingerprint density at radius 1 is 1.00 bits per heavy atom. The van der Waals surface area contributed by atoms with Gasteiger partial charge in [-0.1, -0.05) is 43.3 Å². The molecule has 0 aliphatic heterocycles. The number of benzene rings is 2. The lowest BCUT2D eigenvalue weighted by atomic mass is 10.0. The Hall–Kier alpha value is -1.87. The van der Waals surface area contributed by atoms with Gasteiger partial charge in [-0.05, 0) is 29.7 Å². The predicted molar refractivity (Wildman–Crippen MR) is 80.8 cm³/mol. The number of fused-ring (bicyclic) bond motifs is 2. The SMILES string of the molecule is CC(C)c1ccc2sc3ccccc3c(=NO)c2c1. The first-order chi connectivity index (χ1) is 9.20. The van der Waals surface area contributed by atoms with Crippen LogP contribution in [0.1, 0.15) is 25.3 Å². The Morgan fingerprint density at radius 2 is 1.74 bits per heavy atom. The molecule has 0 saturated carbocycles. The first-order valence-electron chi connectivity index (χ1n) is 6.34. The molecule has 0 bridgehead atoms. The molecule has 1 heterocycles. The largest absolute Gasteiger partial charge is 0.410 e. The van der Waals surface area contributed by atoms with E-state index in [4.69, 9.17) is 0 Å². The summed E-state index contributed by atoms with van der Waals surface area (Å²) < 4.78 is 2.29. The Kier molecular flexibility index (Phi) is 2.99. The van der Waals surface area contributed by atoms with Gasteiger partial charge in [0.2, 0.25) is 0 Å². The lowest BCUT2D eigenvalue weighted by molar-refractivity contribution is 0.304. The molecular formula is C16H15NOS. The minimum atomic E-state index is 0.465. The summed E-state index contributed by atoms with van der Waals surface area (Å²) in [6, 6.07) is 14.5. The van der Waals surface area contributed by atoms with Crippen LogP contribution >= 0.6 is 11.3 Å². The zero-order chi connectivity index (χ0) is 13.4. The van der Waals surface area contributed by atoms with Crippen LogP contribution in [-0.2, 0) is 0 Å². The Labute approximate surface area is 115 Å². The van der Waals surface area contributed by atoms with Crippen molar-refractivity contribution in [2.45, 2.75) is 19.8 Å². The van der Waals surface area contributed by atoms with Crippen LogP contribution in [-0.4, -0.2) is 5.21 Å². The molecule has 0 amide bonds. The van der Waals surface area contributed by atoms with E-state index in [0.29, 0.717) is 11.3 Å². The van der Waals surface area contributed by atoms with Crippen LogP contribution in [0.3, 0.4) is 0 Å². The second-order valence-electron chi connectivity index (χ2n) is 4.96. The van der Waals surface area contributed by atoms with Crippen LogP contribution in [0, 0.1) is 0 Å². The standard InChI is InChI=1S/C16H15NOS/c1-10(2)11-7-8-15-13(9-11)16(17-18)12-5-3-4-6-14(12)19-15/h3-10,18H,1-2H3. The fraction of sp³-hybridized carbons (Fsp3) is 0.188. The van der Waals surface area contributed by atoms with Gasteiger partial charge in [0.1, 0.15) is 5.36 Å². The molecule has 3 rings (SSSR count). The molecule has 3 aromatic rings. The van der Waals surface area contributed by atoms with Crippen LogP contribution in [0.15, 0.2) is 47.6 Å². The lowest BCUT2D eigenvalue weighted by Crippen LogP contribution is -2.04. The molecular weight excluding hydrogens is 254 g/mol. The van der Waals surface area contributed by atoms with E-state index < -0.39 is 0 Å². The minimum absolute atomic E-state index is 0.465. The van der Waals surface area contributed by atoms with Crippen molar-refractivity contribution in [2.75, 3.05) is 0 Å². The fourth-order valence-electron chi connectivity index (χ4n) is 2.30. The minimum Gasteiger partial charge on any atom is -0.410 e. The van der Waals surface area contributed by atoms with Gasteiger partial charge < -0.3 is 5.21 Å². The van der Waals surface area contributed by atoms with E-state index in [0.717, 1.165) is 20.2 Å². The van der Waals surface area contributed by atoms with Gasteiger partial charge in [0, 0.05) is 20.2 Å². The average Bonchev–Trinajstić information content (AvgIpc) is 2.44. The molecule has 0 atom stereocenters. The van der Waals surface area contributed by atoms with Gasteiger partial charge in [0.15, 0.2) is 0 Å². The molecule has 0 aliphatic rings. The maximum Gasteiger partial charge on any atom is 0.119 e. The monoisotopic (exact) mass is 269 g/mol. The van der Waals surface area contributed by atoms with E-state index >= 15 is 0 Å². The number of rotatable bonds is 1. The topological polar surface area (TPSA) is 32.6 Å². The van der Waals surface area contributed by atoms with Gasteiger partial charge in [-0.3, -0.25) is 0 Å². The molecule has 0 saturated heterocycles. The molecule has 19 heavy (non-hydrogen) atoms. The van der Waals surface area contributed by atoms with Gasteiger partial charge >= 0.3 is 0 Å². The highest BCUT2D eigenvalue weighted by Gasteiger charge is 2.07. The van der Waals surface area contributed by atoms with Gasteiger partial charge in [-0.15, -0.1) is 11.3 Å². The van der Waals surface area contributed by atoms with Gasteiger partial charge in [-0.25, -0.2) is 0 Å². The van der Waals surface area contributed by atoms with Crippen LogP contribution in [0.25, 0.3) is 20.2 Å². The third kappa shape index (κ3) is 2.00. The Bertz CT molecular complexity index is 818. The highest BCUT2D eigenvalue weighted by atomic mass is 32.1. The number of nitrogens with zero attached hydrogens (tertiary/aromatic N) is 1. The quantitative estimate of drug-likeness (QED) is 0.394. The van der Waals surface area contributed by atoms with E-state index in [-0.39, 0.29) is 0 Å². The fourth-order valence-corrected chi connectivity index (χ4v) is 3.36. The Morgan fingerprint density at radius 3 is 2.47 bits per heavy atom. The first-order valence-corrected chi connectivity index (χ1v) is 7.16. The smallest absolute Gasteiger partial charge is 0.119 e. The highest BCUT2D eigenvalue weighted by molar-refractivity contribution is 7.24. The van der Waals surface area contributed by atoms with E-state index in [1.807, 2.05) is 18.2 Å². The second kappa shape index (κ2) is 4.67. The number of hydrogen-bond donors (Lipinski definition) is 1. The zero-order valence-corrected chi connectivity index (χ0v) is 11.7. The van der Waals surface area contributed by atoms with Crippen molar-refractivity contribution in [2.24, 2.45) is 5.16 Å². The zero-order valence-electron chi connectivity index (χ0n) is 10.9. The first kappa shape index (κ1) is 12.2. The van der Waals surface area contributed by atoms with Gasteiger partial charge in [0.05, 0.1) is 0 Å². The molecule has 96 valence electrons. The number of hydrogen-bond acceptors (Lipinski definition) is 3. The van der Waals surface area contributed by atoms with Gasteiger partial charge in [-0.2, -0.15) is 0 Å². The molecule has 0 radical (unpaired) electrons. The maximum atomic E-state index is 9.39. The van der Waals surface area contributed by atoms with E-state index in [1.165, 1.54) is 5.56 Å². The third-order valence-corrected chi connectivity index (χ3v) is 4.54. The van der Waals surface area contributed by atoms with Crippen LogP contribution in [0.4, 0.5) is 0 Å². The summed E-state index contributed by atoms with van der Waals surface area (Å²) in [5.74, 6) is 0.465. The summed E-state index contributed by atoms with van der Waals surface area (Å²) in [5, 5.41) is 15.6. The summed E-state index contributed by atoms with van der Waals surface area (Å²) >= 11 is 1.73. The molecule has 0 fully saturated rings. The van der Waals surface area contributed by atoms with E-state index in [9.17, 15) is 5.21 Å². The van der Waals surface area contributed by atoms with E-state index in [2.05, 4.69) is 43.3 Å². The summed E-state index contributed by atoms with van der Waals surface area (Å²) in [6.07, 6.45) is 0. The summed E-state index contributed by atoms with van der Waals surface area (Å²) in [6.45, 7) is 4.34. The summed E-state index contributed by atoms with van der Waals surface area (Å²) in [7, 11) is 0. The Balaban J connectivity index is 2.51. The van der Waals surface area contributed by atoms with Crippen molar-refractivity contribution in [3.8, 4) is 0 Å². The van der Waals surface area contributed by atoms with Crippen molar-refractivity contribution in [1.29, 1.82) is 0 Å². The molecule has 0 unspecified atom stereocenters. The van der Waals surface area contributed by atoms with Crippen LogP contribution in [0.2, 0.25) is 0 Å². The maximum absolute atomic E-state index is 9.39. The highest BCUT2D eigenvalue weighted by Crippen LogP contribution is 2.27. The van der Waals surface area contributed by atoms with Crippen LogP contribution < -0.4 is 5.36 Å². The van der Waals surface area contributed by atoms with Crippen molar-refractivity contribution in [1.82, 2.24) is 0 Å². The molecule has 1 N–H and O–H groups in total. The van der Waals surface area contributed by atoms with Crippen LogP contribution in [0.5, 0.6) is 0 Å². The lowest BCUT2D eigenvalue weighted by Gasteiger charge is -2.08. The molecule has 3 heteroatoms. The molecule has 2 aromatic carbocycles. The third-order valence-electron chi connectivity index (χ3n) is 3.39. The molecule has 2 nitrogen and oxygen atoms in total. The normalized spacial score (nSPS) is 12.7. The van der Waals surface area contributed by atoms with Crippen molar-refractivity contribution in [3.05, 3.63) is 53.4 Å². The summed E-state index contributed by atoms with van der Waals surface area (Å²) in [5.41, 5.74) is 1.26. The van der Waals surface area contributed by atoms with Crippen molar-refractivity contribution in [3.63, 3.8) is 0 Å². The van der Waals surface area contributed by atoms with Crippen molar-refractivity contribution >= 4 is 31.5 Å². The van der Waals surface area contributed by atoms with E-state index in [1.54, 1.807) is 11.3 Å². The molecule has 1 aromatic heterocycles. The summed E-state index contributed by atoms with van der Waals surface area (Å²) in [4.78, 5) is 0. The second-order valence-corrected chi connectivity index (χ2v) is 6.04.